The minimum absolute atomic E-state index is 0. The maximum Gasteiger partial charge on any atom is 0.342 e. The summed E-state index contributed by atoms with van der Waals surface area (Å²) in [7, 11) is 1.32. The number of nitrogens with two attached hydrogens (primary N) is 1. The smallest absolute Gasteiger partial charge is 0.342 e. The van der Waals surface area contributed by atoms with Gasteiger partial charge in [-0.25, -0.2) is 9.18 Å². The monoisotopic (exact) mass is 327 g/mol. The summed E-state index contributed by atoms with van der Waals surface area (Å²) in [5.74, 6) is -1.26. The first kappa shape index (κ1) is 18.8. The third-order valence-corrected chi connectivity index (χ3v) is 2.77. The van der Waals surface area contributed by atoms with E-state index in [0.29, 0.717) is 0 Å². The van der Waals surface area contributed by atoms with E-state index in [2.05, 4.69) is 4.74 Å². The molecule has 0 aromatic heterocycles. The minimum Gasteiger partial charge on any atom is -0.503 e. The molecule has 114 valence electrons. The van der Waals surface area contributed by atoms with Crippen molar-refractivity contribution in [2.45, 2.75) is 19.1 Å². The van der Waals surface area contributed by atoms with Crippen LogP contribution in [0.4, 0.5) is 4.39 Å². The average Bonchev–Trinajstić information content (AvgIpc) is 2.40. The topological polar surface area (TPSA) is 81.8 Å². The van der Waals surface area contributed by atoms with Crippen LogP contribution in [0.15, 0.2) is 12.1 Å². The Morgan fingerprint density at radius 1 is 1.55 bits per heavy atom. The molecular weight excluding hydrogens is 312 g/mol. The number of rotatable bonds is 5. The molecule has 20 heavy (non-hydrogen) atoms. The lowest BCUT2D eigenvalue weighted by Crippen LogP contribution is -2.31. The quantitative estimate of drug-likeness (QED) is 0.811. The fourth-order valence-corrected chi connectivity index (χ4v) is 1.70. The van der Waals surface area contributed by atoms with Gasteiger partial charge in [-0.3, -0.25) is 0 Å². The molecule has 2 atom stereocenters. The predicted molar refractivity (Wildman–Crippen MR) is 75.4 cm³/mol. The van der Waals surface area contributed by atoms with Crippen LogP contribution >= 0.6 is 24.0 Å². The van der Waals surface area contributed by atoms with E-state index in [0.717, 1.165) is 0 Å². The first-order valence-electron chi connectivity index (χ1n) is 5.55. The van der Waals surface area contributed by atoms with Crippen molar-refractivity contribution in [2.75, 3.05) is 13.7 Å². The van der Waals surface area contributed by atoms with Crippen molar-refractivity contribution in [3.05, 3.63) is 22.7 Å². The predicted octanol–water partition coefficient (Wildman–Crippen LogP) is 2.38. The Labute approximate surface area is 127 Å². The van der Waals surface area contributed by atoms with Gasteiger partial charge in [0.15, 0.2) is 11.5 Å². The molecule has 1 rings (SSSR count). The molecule has 8 heteroatoms. The number of phenolic OH excluding ortho intramolecular Hbond substituents is 1. The van der Waals surface area contributed by atoms with Gasteiger partial charge in [0.1, 0.15) is 0 Å². The van der Waals surface area contributed by atoms with E-state index in [9.17, 15) is 14.3 Å². The van der Waals surface area contributed by atoms with Crippen LogP contribution in [0.5, 0.6) is 11.5 Å². The molecule has 0 aliphatic rings. The van der Waals surface area contributed by atoms with Gasteiger partial charge >= 0.3 is 5.97 Å². The summed E-state index contributed by atoms with van der Waals surface area (Å²) >= 11 is 5.76. The number of ether oxygens (including phenoxy) is 2. The SMILES string of the molecule is CCOC(=O)C(F)[C@H](N)c1cc(Cl)c(O)c(OC)c1.Cl. The molecule has 0 amide bonds. The number of benzene rings is 1. The van der Waals surface area contributed by atoms with E-state index >= 15 is 0 Å². The van der Waals surface area contributed by atoms with Crippen molar-refractivity contribution in [2.24, 2.45) is 5.73 Å². The maximum absolute atomic E-state index is 13.8. The number of aromatic hydroxyl groups is 1. The molecule has 1 aromatic rings. The van der Waals surface area contributed by atoms with Crippen molar-refractivity contribution in [3.63, 3.8) is 0 Å². The minimum atomic E-state index is -2.02. The zero-order valence-electron chi connectivity index (χ0n) is 10.9. The van der Waals surface area contributed by atoms with Gasteiger partial charge in [0, 0.05) is 0 Å². The zero-order chi connectivity index (χ0) is 14.6. The second-order valence-corrected chi connectivity index (χ2v) is 4.14. The maximum atomic E-state index is 13.8. The van der Waals surface area contributed by atoms with Crippen LogP contribution < -0.4 is 10.5 Å². The second kappa shape index (κ2) is 8.14. The molecule has 0 aliphatic carbocycles. The van der Waals surface area contributed by atoms with Crippen molar-refractivity contribution in [1.82, 2.24) is 0 Å². The van der Waals surface area contributed by atoms with E-state index in [1.54, 1.807) is 6.92 Å². The molecule has 1 aromatic carbocycles. The number of alkyl halides is 1. The molecule has 0 heterocycles. The lowest BCUT2D eigenvalue weighted by atomic mass is 10.0. The Morgan fingerprint density at radius 3 is 2.65 bits per heavy atom. The molecule has 0 aliphatic heterocycles. The molecule has 5 nitrogen and oxygen atoms in total. The Kier molecular flexibility index (Phi) is 7.63. The van der Waals surface area contributed by atoms with Gasteiger partial charge in [-0.2, -0.15) is 0 Å². The van der Waals surface area contributed by atoms with Gasteiger partial charge in [-0.1, -0.05) is 11.6 Å². The number of carbonyl (C=O) groups is 1. The van der Waals surface area contributed by atoms with Gasteiger partial charge in [0.05, 0.1) is 24.8 Å². The van der Waals surface area contributed by atoms with Crippen LogP contribution in [0.1, 0.15) is 18.5 Å². The molecule has 0 saturated heterocycles. The summed E-state index contributed by atoms with van der Waals surface area (Å²) in [5.41, 5.74) is 5.86. The lowest BCUT2D eigenvalue weighted by Gasteiger charge is -2.17. The van der Waals surface area contributed by atoms with Crippen molar-refractivity contribution in [3.8, 4) is 11.5 Å². The highest BCUT2D eigenvalue weighted by Crippen LogP contribution is 2.37. The number of halogens is 3. The summed E-state index contributed by atoms with van der Waals surface area (Å²) in [5, 5.41) is 9.51. The standard InChI is InChI=1S/C12H15ClFNO4.ClH/c1-3-19-12(17)9(14)10(15)6-4-7(13)11(16)8(5-6)18-2;/h4-5,9-10,16H,3,15H2,1-2H3;1H/t9?,10-;/m1./s1. The molecule has 0 fully saturated rings. The highest BCUT2D eigenvalue weighted by atomic mass is 35.5. The van der Waals surface area contributed by atoms with Crippen molar-refractivity contribution in [1.29, 1.82) is 0 Å². The number of phenols is 1. The summed E-state index contributed by atoms with van der Waals surface area (Å²) < 4.78 is 23.2. The van der Waals surface area contributed by atoms with E-state index in [1.165, 1.54) is 19.2 Å². The van der Waals surface area contributed by atoms with E-state index in [-0.39, 0.29) is 41.1 Å². The van der Waals surface area contributed by atoms with Gasteiger partial charge in [-0.05, 0) is 24.6 Å². The molecule has 0 radical (unpaired) electrons. The number of hydrogen-bond acceptors (Lipinski definition) is 5. The Hall–Kier alpha value is -1.24. The molecule has 0 spiro atoms. The van der Waals surface area contributed by atoms with Crippen LogP contribution in [0.3, 0.4) is 0 Å². The van der Waals surface area contributed by atoms with Crippen LogP contribution in [-0.2, 0) is 9.53 Å². The summed E-state index contributed by atoms with van der Waals surface area (Å²) in [6.45, 7) is 1.63. The molecule has 0 bridgehead atoms. The Morgan fingerprint density at radius 2 is 2.15 bits per heavy atom. The number of esters is 1. The normalized spacial score (nSPS) is 13.1. The fourth-order valence-electron chi connectivity index (χ4n) is 1.48. The van der Waals surface area contributed by atoms with E-state index in [1.807, 2.05) is 0 Å². The fraction of sp³-hybridized carbons (Fsp3) is 0.417. The molecule has 0 saturated carbocycles. The molecule has 1 unspecified atom stereocenters. The van der Waals surface area contributed by atoms with E-state index < -0.39 is 18.2 Å². The summed E-state index contributed by atoms with van der Waals surface area (Å²) in [6.07, 6.45) is -2.02. The van der Waals surface area contributed by atoms with Crippen molar-refractivity contribution < 1.29 is 23.8 Å². The van der Waals surface area contributed by atoms with E-state index in [4.69, 9.17) is 22.1 Å². The molecular formula is C12H16Cl2FNO4. The van der Waals surface area contributed by atoms with Crippen LogP contribution in [0.2, 0.25) is 5.02 Å². The highest BCUT2D eigenvalue weighted by Gasteiger charge is 2.29. The number of carbonyl (C=O) groups excluding carboxylic acids is 1. The van der Waals surface area contributed by atoms with Crippen molar-refractivity contribution >= 4 is 30.0 Å². The second-order valence-electron chi connectivity index (χ2n) is 3.73. The van der Waals surface area contributed by atoms with Gasteiger partial charge < -0.3 is 20.3 Å². The van der Waals surface area contributed by atoms with Gasteiger partial charge in [0.2, 0.25) is 6.17 Å². The zero-order valence-corrected chi connectivity index (χ0v) is 12.5. The Bertz CT molecular complexity index is 473. The third-order valence-electron chi connectivity index (χ3n) is 2.48. The first-order valence-corrected chi connectivity index (χ1v) is 5.92. The largest absolute Gasteiger partial charge is 0.503 e. The van der Waals surface area contributed by atoms with Crippen LogP contribution in [0, 0.1) is 0 Å². The number of methoxy groups -OCH3 is 1. The van der Waals surface area contributed by atoms with Gasteiger partial charge in [0.25, 0.3) is 0 Å². The number of hydrogen-bond donors (Lipinski definition) is 2. The lowest BCUT2D eigenvalue weighted by molar-refractivity contribution is -0.149. The summed E-state index contributed by atoms with van der Waals surface area (Å²) in [4.78, 5) is 11.3. The Balaban J connectivity index is 0.00000361. The van der Waals surface area contributed by atoms with Gasteiger partial charge in [-0.15, -0.1) is 12.4 Å². The molecule has 3 N–H and O–H groups in total. The first-order chi connectivity index (χ1) is 8.92. The highest BCUT2D eigenvalue weighted by molar-refractivity contribution is 6.32. The average molecular weight is 328 g/mol. The third kappa shape index (κ3) is 4.13. The summed E-state index contributed by atoms with van der Waals surface area (Å²) in [6, 6.07) is 1.33. The van der Waals surface area contributed by atoms with Crippen LogP contribution in [0.25, 0.3) is 0 Å². The van der Waals surface area contributed by atoms with Crippen LogP contribution in [-0.4, -0.2) is 31.0 Å².